The number of rotatable bonds is 4. The van der Waals surface area contributed by atoms with E-state index >= 15 is 0 Å². The molecule has 194 valence electrons. The number of benzene rings is 2. The highest BCUT2D eigenvalue weighted by atomic mass is 35.5. The number of anilines is 1. The third kappa shape index (κ3) is 4.96. The van der Waals surface area contributed by atoms with Crippen LogP contribution < -0.4 is 15.7 Å². The highest BCUT2D eigenvalue weighted by Crippen LogP contribution is 2.51. The van der Waals surface area contributed by atoms with Gasteiger partial charge in [-0.05, 0) is 48.4 Å². The molecule has 2 saturated heterocycles. The quantitative estimate of drug-likeness (QED) is 0.379. The molecule has 2 atom stereocenters. The molecule has 0 aliphatic carbocycles. The van der Waals surface area contributed by atoms with E-state index in [1.54, 1.807) is 24.3 Å². The Morgan fingerprint density at radius 1 is 1.14 bits per heavy atom. The summed E-state index contributed by atoms with van der Waals surface area (Å²) in [5, 5.41) is 1.39. The van der Waals surface area contributed by atoms with Crippen LogP contribution in [0.25, 0.3) is 0 Å². The van der Waals surface area contributed by atoms with E-state index in [0.717, 1.165) is 6.07 Å². The van der Waals surface area contributed by atoms with Crippen LogP contribution in [0.3, 0.4) is 0 Å². The van der Waals surface area contributed by atoms with Gasteiger partial charge in [0.25, 0.3) is 5.91 Å². The van der Waals surface area contributed by atoms with Gasteiger partial charge in [0.1, 0.15) is 23.1 Å². The highest BCUT2D eigenvalue weighted by molar-refractivity contribution is 7.80. The first-order chi connectivity index (χ1) is 16.7. The maximum absolute atomic E-state index is 14.4. The zero-order valence-electron chi connectivity index (χ0n) is 18.1. The molecular formula is C22H17Cl2F6N3O2S. The average Bonchev–Trinajstić information content (AvgIpc) is 3.42. The molecular weight excluding hydrogens is 555 g/mol. The zero-order chi connectivity index (χ0) is 26.5. The third-order valence-electron chi connectivity index (χ3n) is 6.24. The molecule has 2 heterocycles. The van der Waals surface area contributed by atoms with Gasteiger partial charge in [0.2, 0.25) is 0 Å². The topological polar surface area (TPSA) is 53.6 Å². The Morgan fingerprint density at radius 2 is 1.81 bits per heavy atom. The molecule has 2 aromatic carbocycles. The number of hydroxylamine groups is 1. The molecule has 0 aromatic heterocycles. The summed E-state index contributed by atoms with van der Waals surface area (Å²) in [6.07, 6.45) is -10.3. The summed E-state index contributed by atoms with van der Waals surface area (Å²) in [5.41, 5.74) is -1.48. The maximum Gasteiger partial charge on any atom is 0.417 e. The molecule has 2 aliphatic rings. The Kier molecular flexibility index (Phi) is 7.10. The van der Waals surface area contributed by atoms with E-state index in [2.05, 4.69) is 10.8 Å². The number of halogens is 8. The lowest BCUT2D eigenvalue weighted by Gasteiger charge is -2.33. The summed E-state index contributed by atoms with van der Waals surface area (Å²) < 4.78 is 83.5. The van der Waals surface area contributed by atoms with Crippen LogP contribution in [-0.2, 0) is 21.2 Å². The summed E-state index contributed by atoms with van der Waals surface area (Å²) in [5.74, 6) is -0.384. The van der Waals surface area contributed by atoms with Crippen molar-refractivity contribution in [3.63, 3.8) is 0 Å². The predicted octanol–water partition coefficient (Wildman–Crippen LogP) is 5.42. The van der Waals surface area contributed by atoms with Gasteiger partial charge in [-0.25, -0.2) is 5.48 Å². The van der Waals surface area contributed by atoms with E-state index in [9.17, 15) is 31.1 Å². The fourth-order valence-corrected chi connectivity index (χ4v) is 4.96. The fraction of sp³-hybridized carbons (Fsp3) is 0.364. The molecule has 0 spiro atoms. The van der Waals surface area contributed by atoms with Crippen LogP contribution in [0.4, 0.5) is 32.0 Å². The second-order valence-corrected chi connectivity index (χ2v) is 9.61. The Hall–Kier alpha value is -2.28. The molecule has 2 unspecified atom stereocenters. The Morgan fingerprint density at radius 3 is 2.36 bits per heavy atom. The number of amides is 1. The van der Waals surface area contributed by atoms with Crippen molar-refractivity contribution < 1.29 is 36.0 Å². The molecule has 1 amide bonds. The Balaban J connectivity index is 1.60. The molecule has 14 heteroatoms. The van der Waals surface area contributed by atoms with Gasteiger partial charge in [0.05, 0.1) is 15.6 Å². The van der Waals surface area contributed by atoms with Gasteiger partial charge >= 0.3 is 12.4 Å². The normalized spacial score (nSPS) is 22.6. The lowest BCUT2D eigenvalue weighted by atomic mass is 9.78. The summed E-state index contributed by atoms with van der Waals surface area (Å²) in [7, 11) is 0. The van der Waals surface area contributed by atoms with Crippen LogP contribution in [0, 0.1) is 0 Å². The smallest absolute Gasteiger partial charge is 0.370 e. The maximum atomic E-state index is 14.4. The van der Waals surface area contributed by atoms with E-state index in [1.807, 2.05) is 0 Å². The molecule has 0 radical (unpaired) electrons. The molecule has 4 rings (SSSR count). The lowest BCUT2D eigenvalue weighted by molar-refractivity contribution is -0.184. The molecule has 2 N–H and O–H groups in total. The third-order valence-corrected chi connectivity index (χ3v) is 7.39. The molecule has 0 bridgehead atoms. The van der Waals surface area contributed by atoms with E-state index < -0.39 is 57.9 Å². The number of nitrogens with zero attached hydrogens (tertiary/aromatic N) is 1. The molecule has 5 nitrogen and oxygen atoms in total. The first-order valence-corrected chi connectivity index (χ1v) is 11.6. The van der Waals surface area contributed by atoms with Gasteiger partial charge in [-0.3, -0.25) is 9.63 Å². The molecule has 0 saturated carbocycles. The van der Waals surface area contributed by atoms with Crippen LogP contribution in [0.5, 0.6) is 0 Å². The van der Waals surface area contributed by atoms with Crippen LogP contribution in [0.15, 0.2) is 36.4 Å². The summed E-state index contributed by atoms with van der Waals surface area (Å²) >= 11 is 16.8. The highest BCUT2D eigenvalue weighted by Gasteiger charge is 2.59. The first-order valence-electron chi connectivity index (χ1n) is 10.4. The lowest BCUT2D eigenvalue weighted by Crippen LogP contribution is -2.45. The second-order valence-electron chi connectivity index (χ2n) is 8.42. The molecule has 2 aromatic rings. The SMILES string of the molecule is O=C1NOCC1NC(=S)c1ccc(N2CCC(c3cc(Cl)c(Cl)c(C(F)(F)F)c3)(C(F)(F)F)C2)cc1. The van der Waals surface area contributed by atoms with E-state index in [1.165, 1.54) is 4.90 Å². The summed E-state index contributed by atoms with van der Waals surface area (Å²) in [6, 6.07) is 6.87. The van der Waals surface area contributed by atoms with Gasteiger partial charge in [-0.15, -0.1) is 0 Å². The summed E-state index contributed by atoms with van der Waals surface area (Å²) in [6.45, 7) is -0.606. The monoisotopic (exact) mass is 571 g/mol. The summed E-state index contributed by atoms with van der Waals surface area (Å²) in [4.78, 5) is 18.1. The number of hydrogen-bond donors (Lipinski definition) is 2. The van der Waals surface area contributed by atoms with Crippen molar-refractivity contribution in [2.24, 2.45) is 0 Å². The largest absolute Gasteiger partial charge is 0.417 e. The van der Waals surface area contributed by atoms with Crippen LogP contribution in [-0.4, -0.2) is 42.8 Å². The van der Waals surface area contributed by atoms with E-state index in [0.29, 0.717) is 17.3 Å². The number of thiocarbonyl (C=S) groups is 1. The number of nitrogens with one attached hydrogen (secondary N) is 2. The van der Waals surface area contributed by atoms with Crippen molar-refractivity contribution in [2.75, 3.05) is 24.6 Å². The van der Waals surface area contributed by atoms with Crippen molar-refractivity contribution in [3.05, 3.63) is 63.1 Å². The van der Waals surface area contributed by atoms with Gasteiger partial charge in [-0.2, -0.15) is 26.3 Å². The van der Waals surface area contributed by atoms with Gasteiger partial charge < -0.3 is 10.2 Å². The minimum Gasteiger partial charge on any atom is -0.370 e. The average molecular weight is 572 g/mol. The fourth-order valence-electron chi connectivity index (χ4n) is 4.25. The van der Waals surface area contributed by atoms with Crippen LogP contribution in [0.2, 0.25) is 10.0 Å². The van der Waals surface area contributed by atoms with Crippen LogP contribution in [0.1, 0.15) is 23.1 Å². The number of alkyl halides is 6. The van der Waals surface area contributed by atoms with Crippen molar-refractivity contribution in [1.29, 1.82) is 0 Å². The van der Waals surface area contributed by atoms with Gasteiger partial charge in [0.15, 0.2) is 0 Å². The number of carbonyl (C=O) groups is 1. The van der Waals surface area contributed by atoms with Crippen molar-refractivity contribution in [3.8, 4) is 0 Å². The number of hydrogen-bond acceptors (Lipinski definition) is 4. The Labute approximate surface area is 216 Å². The van der Waals surface area contributed by atoms with Crippen molar-refractivity contribution in [2.45, 2.75) is 30.2 Å². The Bertz CT molecular complexity index is 1190. The molecule has 2 fully saturated rings. The minimum absolute atomic E-state index is 0.0667. The standard InChI is InChI=1S/C22H17Cl2F6N3O2S/c23-15-8-12(7-14(17(15)24)21(25,26)27)20(22(28,29)30)5-6-33(10-20)13-3-1-11(2-4-13)19(36)31-16-9-35-32-18(16)34/h1-4,7-8,16H,5-6,9-10H2,(H,31,36)(H,32,34). The zero-order valence-corrected chi connectivity index (χ0v) is 20.4. The van der Waals surface area contributed by atoms with Crippen LogP contribution >= 0.6 is 35.4 Å². The molecule has 2 aliphatic heterocycles. The van der Waals surface area contributed by atoms with Crippen molar-refractivity contribution in [1.82, 2.24) is 10.8 Å². The molecule has 36 heavy (non-hydrogen) atoms. The first kappa shape index (κ1) is 26.8. The van der Waals surface area contributed by atoms with Gasteiger partial charge in [0, 0.05) is 24.3 Å². The minimum atomic E-state index is -4.98. The van der Waals surface area contributed by atoms with Gasteiger partial charge in [-0.1, -0.05) is 35.4 Å². The van der Waals surface area contributed by atoms with E-state index in [-0.39, 0.29) is 24.0 Å². The van der Waals surface area contributed by atoms with E-state index in [4.69, 9.17) is 40.3 Å². The van der Waals surface area contributed by atoms with Crippen molar-refractivity contribution >= 4 is 52.0 Å². The predicted molar refractivity (Wildman–Crippen MR) is 125 cm³/mol. The second kappa shape index (κ2) is 9.55. The number of carbonyl (C=O) groups excluding carboxylic acids is 1.